The van der Waals surface area contributed by atoms with E-state index < -0.39 is 0 Å². The van der Waals surface area contributed by atoms with Crippen molar-refractivity contribution in [2.75, 3.05) is 6.61 Å². The molecule has 2 atom stereocenters. The highest BCUT2D eigenvalue weighted by Gasteiger charge is 2.24. The van der Waals surface area contributed by atoms with E-state index in [4.69, 9.17) is 9.47 Å². The van der Waals surface area contributed by atoms with Crippen LogP contribution in [0.3, 0.4) is 0 Å². The summed E-state index contributed by atoms with van der Waals surface area (Å²) in [5.74, 6) is 0. The summed E-state index contributed by atoms with van der Waals surface area (Å²) in [6.45, 7) is 5.18. The standard InChI is InChI=1S/C10H20O2/c1-3-5-7-10-11-8-9(12-10)6-4-2/h9-10H,3-8H2,1-2H3/t9-,10+/m0/s1. The molecule has 0 bridgehead atoms. The van der Waals surface area contributed by atoms with Crippen LogP contribution in [0.25, 0.3) is 0 Å². The Bertz CT molecular complexity index is 114. The molecule has 1 fully saturated rings. The fraction of sp³-hybridized carbons (Fsp3) is 1.00. The van der Waals surface area contributed by atoms with Crippen LogP contribution in [0, 0.1) is 0 Å². The fourth-order valence-electron chi connectivity index (χ4n) is 1.50. The summed E-state index contributed by atoms with van der Waals surface area (Å²) in [5.41, 5.74) is 0. The minimum atomic E-state index is 0.0986. The van der Waals surface area contributed by atoms with Gasteiger partial charge in [0.25, 0.3) is 0 Å². The Morgan fingerprint density at radius 2 is 2.00 bits per heavy atom. The maximum Gasteiger partial charge on any atom is 0.158 e. The van der Waals surface area contributed by atoms with Crippen molar-refractivity contribution in [2.45, 2.75) is 58.3 Å². The van der Waals surface area contributed by atoms with Gasteiger partial charge in [-0.15, -0.1) is 0 Å². The highest BCUT2D eigenvalue weighted by Crippen LogP contribution is 2.19. The third-order valence-electron chi connectivity index (χ3n) is 2.22. The van der Waals surface area contributed by atoms with E-state index in [9.17, 15) is 0 Å². The normalized spacial score (nSPS) is 29.5. The van der Waals surface area contributed by atoms with Gasteiger partial charge in [-0.05, 0) is 19.3 Å². The average Bonchev–Trinajstić information content (AvgIpc) is 2.50. The Labute approximate surface area is 75.2 Å². The number of unbranched alkanes of at least 4 members (excludes halogenated alkanes) is 1. The number of ether oxygens (including phenoxy) is 2. The molecule has 0 spiro atoms. The van der Waals surface area contributed by atoms with E-state index in [1.54, 1.807) is 0 Å². The summed E-state index contributed by atoms with van der Waals surface area (Å²) in [7, 11) is 0. The first-order chi connectivity index (χ1) is 5.86. The minimum absolute atomic E-state index is 0.0986. The van der Waals surface area contributed by atoms with Gasteiger partial charge in [-0.3, -0.25) is 0 Å². The first-order valence-electron chi connectivity index (χ1n) is 5.13. The molecular formula is C10H20O2. The van der Waals surface area contributed by atoms with Crippen LogP contribution in [0.15, 0.2) is 0 Å². The Morgan fingerprint density at radius 3 is 2.67 bits per heavy atom. The molecule has 1 aliphatic rings. The van der Waals surface area contributed by atoms with Gasteiger partial charge < -0.3 is 9.47 Å². The quantitative estimate of drug-likeness (QED) is 0.634. The zero-order valence-corrected chi connectivity index (χ0v) is 8.21. The zero-order valence-electron chi connectivity index (χ0n) is 8.21. The van der Waals surface area contributed by atoms with Gasteiger partial charge in [0.1, 0.15) is 0 Å². The lowest BCUT2D eigenvalue weighted by Crippen LogP contribution is -2.11. The number of hydrogen-bond acceptors (Lipinski definition) is 2. The largest absolute Gasteiger partial charge is 0.350 e. The SMILES string of the molecule is CCCC[C@@H]1OC[C@H](CCC)O1. The van der Waals surface area contributed by atoms with Gasteiger partial charge in [0.2, 0.25) is 0 Å². The monoisotopic (exact) mass is 172 g/mol. The van der Waals surface area contributed by atoms with E-state index in [1.807, 2.05) is 0 Å². The van der Waals surface area contributed by atoms with Crippen LogP contribution in [0.2, 0.25) is 0 Å². The first-order valence-corrected chi connectivity index (χ1v) is 5.13. The van der Waals surface area contributed by atoms with Gasteiger partial charge in [-0.2, -0.15) is 0 Å². The molecule has 0 radical (unpaired) electrons. The molecule has 0 aromatic rings. The molecule has 0 aliphatic carbocycles. The molecule has 1 heterocycles. The molecule has 12 heavy (non-hydrogen) atoms. The maximum atomic E-state index is 5.68. The molecule has 2 heteroatoms. The Morgan fingerprint density at radius 1 is 1.17 bits per heavy atom. The number of hydrogen-bond donors (Lipinski definition) is 0. The zero-order chi connectivity index (χ0) is 8.81. The van der Waals surface area contributed by atoms with Gasteiger partial charge in [-0.1, -0.05) is 26.7 Å². The van der Waals surface area contributed by atoms with Gasteiger partial charge in [0.05, 0.1) is 12.7 Å². The van der Waals surface area contributed by atoms with E-state index in [0.717, 1.165) is 19.4 Å². The molecule has 0 N–H and O–H groups in total. The predicted molar refractivity (Wildman–Crippen MR) is 49.0 cm³/mol. The second kappa shape index (κ2) is 5.55. The lowest BCUT2D eigenvalue weighted by molar-refractivity contribution is -0.0639. The van der Waals surface area contributed by atoms with E-state index in [1.165, 1.54) is 19.3 Å². The molecule has 1 saturated heterocycles. The van der Waals surface area contributed by atoms with Crippen molar-refractivity contribution in [3.05, 3.63) is 0 Å². The molecule has 1 aliphatic heterocycles. The first kappa shape index (κ1) is 10.0. The Balaban J connectivity index is 2.08. The van der Waals surface area contributed by atoms with Crippen molar-refractivity contribution in [1.29, 1.82) is 0 Å². The highest BCUT2D eigenvalue weighted by molar-refractivity contribution is 4.64. The van der Waals surface area contributed by atoms with Crippen molar-refractivity contribution in [1.82, 2.24) is 0 Å². The second-order valence-electron chi connectivity index (χ2n) is 3.45. The third-order valence-corrected chi connectivity index (χ3v) is 2.22. The summed E-state index contributed by atoms with van der Waals surface area (Å²) in [4.78, 5) is 0. The molecule has 0 amide bonds. The lowest BCUT2D eigenvalue weighted by Gasteiger charge is -2.09. The highest BCUT2D eigenvalue weighted by atomic mass is 16.7. The Hall–Kier alpha value is -0.0800. The van der Waals surface area contributed by atoms with Crippen LogP contribution in [-0.2, 0) is 9.47 Å². The van der Waals surface area contributed by atoms with Crippen LogP contribution in [0.1, 0.15) is 46.0 Å². The summed E-state index contributed by atoms with van der Waals surface area (Å²) in [6.07, 6.45) is 6.30. The molecule has 0 saturated carbocycles. The summed E-state index contributed by atoms with van der Waals surface area (Å²) < 4.78 is 11.2. The number of rotatable bonds is 5. The molecule has 0 unspecified atom stereocenters. The third kappa shape index (κ3) is 3.11. The maximum absolute atomic E-state index is 5.68. The fourth-order valence-corrected chi connectivity index (χ4v) is 1.50. The minimum Gasteiger partial charge on any atom is -0.350 e. The molecule has 0 aromatic carbocycles. The van der Waals surface area contributed by atoms with Crippen LogP contribution in [-0.4, -0.2) is 19.0 Å². The van der Waals surface area contributed by atoms with E-state index >= 15 is 0 Å². The van der Waals surface area contributed by atoms with Gasteiger partial charge in [0, 0.05) is 0 Å². The van der Waals surface area contributed by atoms with Crippen molar-refractivity contribution in [3.8, 4) is 0 Å². The van der Waals surface area contributed by atoms with E-state index in [2.05, 4.69) is 13.8 Å². The topological polar surface area (TPSA) is 18.5 Å². The average molecular weight is 172 g/mol. The molecule has 72 valence electrons. The van der Waals surface area contributed by atoms with Crippen LogP contribution >= 0.6 is 0 Å². The summed E-state index contributed by atoms with van der Waals surface area (Å²) in [6, 6.07) is 0. The predicted octanol–water partition coefficient (Wildman–Crippen LogP) is 2.72. The van der Waals surface area contributed by atoms with Gasteiger partial charge in [-0.25, -0.2) is 0 Å². The van der Waals surface area contributed by atoms with Crippen LogP contribution < -0.4 is 0 Å². The van der Waals surface area contributed by atoms with Crippen molar-refractivity contribution < 1.29 is 9.47 Å². The summed E-state index contributed by atoms with van der Waals surface area (Å²) in [5, 5.41) is 0. The van der Waals surface area contributed by atoms with Crippen molar-refractivity contribution >= 4 is 0 Å². The Kier molecular flexibility index (Phi) is 4.62. The summed E-state index contributed by atoms with van der Waals surface area (Å²) >= 11 is 0. The van der Waals surface area contributed by atoms with Crippen LogP contribution in [0.4, 0.5) is 0 Å². The van der Waals surface area contributed by atoms with Gasteiger partial charge >= 0.3 is 0 Å². The van der Waals surface area contributed by atoms with Crippen molar-refractivity contribution in [2.24, 2.45) is 0 Å². The molecule has 2 nitrogen and oxygen atoms in total. The molecule has 1 rings (SSSR count). The molecule has 0 aromatic heterocycles. The second-order valence-corrected chi connectivity index (χ2v) is 3.45. The van der Waals surface area contributed by atoms with Crippen LogP contribution in [0.5, 0.6) is 0 Å². The van der Waals surface area contributed by atoms with E-state index in [0.29, 0.717) is 6.10 Å². The smallest absolute Gasteiger partial charge is 0.158 e. The lowest BCUT2D eigenvalue weighted by atomic mass is 10.2. The van der Waals surface area contributed by atoms with E-state index in [-0.39, 0.29) is 6.29 Å². The van der Waals surface area contributed by atoms with Crippen molar-refractivity contribution in [3.63, 3.8) is 0 Å². The van der Waals surface area contributed by atoms with Gasteiger partial charge in [0.15, 0.2) is 6.29 Å². The molecular weight excluding hydrogens is 152 g/mol.